The van der Waals surface area contributed by atoms with E-state index < -0.39 is 5.60 Å². The largest absolute Gasteiger partial charge is 0.486 e. The van der Waals surface area contributed by atoms with Crippen LogP contribution in [-0.2, 0) is 4.79 Å². The molecule has 138 valence electrons. The highest BCUT2D eigenvalue weighted by Gasteiger charge is 2.40. The monoisotopic (exact) mass is 366 g/mol. The summed E-state index contributed by atoms with van der Waals surface area (Å²) in [5, 5.41) is 0. The van der Waals surface area contributed by atoms with E-state index in [2.05, 4.69) is 0 Å². The lowest BCUT2D eigenvalue weighted by atomic mass is 9.82. The molecule has 0 saturated carbocycles. The van der Waals surface area contributed by atoms with Gasteiger partial charge in [-0.1, -0.05) is 6.07 Å². The van der Waals surface area contributed by atoms with Crippen molar-refractivity contribution in [3.63, 3.8) is 0 Å². The van der Waals surface area contributed by atoms with Crippen LogP contribution in [0.4, 0.5) is 0 Å². The molecule has 2 aromatic carbocycles. The molecule has 0 saturated heterocycles. The van der Waals surface area contributed by atoms with Gasteiger partial charge in [0, 0.05) is 11.5 Å². The number of carbonyl (C=O) groups excluding carboxylic acids is 2. The molecular weight excluding hydrogens is 348 g/mol. The molecule has 3 aliphatic heterocycles. The summed E-state index contributed by atoms with van der Waals surface area (Å²) in [4.78, 5) is 24.8. The fourth-order valence-electron chi connectivity index (χ4n) is 3.97. The minimum absolute atomic E-state index is 0.0328. The summed E-state index contributed by atoms with van der Waals surface area (Å²) in [6.07, 6.45) is 0.480. The SMILES string of the molecule is CC1(C)CC(=O)c2ccc3c(c2O1)C(c1ccc2c(c1)OCO2)CC(=O)O3. The lowest BCUT2D eigenvalue weighted by molar-refractivity contribution is -0.135. The second-order valence-electron chi connectivity index (χ2n) is 7.66. The number of Topliss-reactive ketones (excluding diaryl/α,β-unsaturated/α-hetero) is 1. The first-order chi connectivity index (χ1) is 12.9. The predicted molar refractivity (Wildman–Crippen MR) is 94.8 cm³/mol. The standard InChI is InChI=1S/C21H18O6/c1-21(2)9-14(22)12-4-6-16-19(20(12)27-21)13(8-18(23)26-16)11-3-5-15-17(7-11)25-10-24-15/h3-7,13H,8-10H2,1-2H3. The third-order valence-corrected chi connectivity index (χ3v) is 5.16. The molecule has 0 aromatic heterocycles. The van der Waals surface area contributed by atoms with Crippen molar-refractivity contribution >= 4 is 11.8 Å². The van der Waals surface area contributed by atoms with Crippen molar-refractivity contribution in [1.29, 1.82) is 0 Å². The van der Waals surface area contributed by atoms with Gasteiger partial charge in [-0.2, -0.15) is 0 Å². The molecule has 6 heteroatoms. The first kappa shape index (κ1) is 16.2. The molecule has 0 bridgehead atoms. The lowest BCUT2D eigenvalue weighted by Gasteiger charge is -2.36. The van der Waals surface area contributed by atoms with Crippen LogP contribution < -0.4 is 18.9 Å². The number of carbonyl (C=O) groups is 2. The van der Waals surface area contributed by atoms with E-state index in [0.29, 0.717) is 35.0 Å². The van der Waals surface area contributed by atoms with Gasteiger partial charge in [-0.3, -0.25) is 9.59 Å². The van der Waals surface area contributed by atoms with Gasteiger partial charge in [-0.05, 0) is 43.7 Å². The fraction of sp³-hybridized carbons (Fsp3) is 0.333. The molecule has 0 radical (unpaired) electrons. The number of ketones is 1. The van der Waals surface area contributed by atoms with Crippen molar-refractivity contribution < 1.29 is 28.5 Å². The van der Waals surface area contributed by atoms with Crippen molar-refractivity contribution in [3.05, 3.63) is 47.0 Å². The van der Waals surface area contributed by atoms with Gasteiger partial charge >= 0.3 is 5.97 Å². The number of ether oxygens (including phenoxy) is 4. The summed E-state index contributed by atoms with van der Waals surface area (Å²) < 4.78 is 22.5. The van der Waals surface area contributed by atoms with Crippen LogP contribution in [0, 0.1) is 0 Å². The van der Waals surface area contributed by atoms with Crippen molar-refractivity contribution in [2.45, 2.75) is 38.2 Å². The molecule has 0 fully saturated rings. The maximum atomic E-state index is 12.6. The minimum Gasteiger partial charge on any atom is -0.486 e. The first-order valence-corrected chi connectivity index (χ1v) is 8.91. The molecule has 0 amide bonds. The average Bonchev–Trinajstić information content (AvgIpc) is 3.07. The number of fused-ring (bicyclic) bond motifs is 4. The highest BCUT2D eigenvalue weighted by Crippen LogP contribution is 2.49. The highest BCUT2D eigenvalue weighted by molar-refractivity contribution is 6.01. The molecule has 0 spiro atoms. The van der Waals surface area contributed by atoms with Gasteiger partial charge in [-0.15, -0.1) is 0 Å². The number of esters is 1. The Morgan fingerprint density at radius 3 is 2.63 bits per heavy atom. The van der Waals surface area contributed by atoms with Gasteiger partial charge < -0.3 is 18.9 Å². The first-order valence-electron chi connectivity index (χ1n) is 8.91. The number of hydrogen-bond acceptors (Lipinski definition) is 6. The van der Waals surface area contributed by atoms with Crippen LogP contribution in [0.2, 0.25) is 0 Å². The summed E-state index contributed by atoms with van der Waals surface area (Å²) in [7, 11) is 0. The smallest absolute Gasteiger partial charge is 0.312 e. The molecule has 6 nitrogen and oxygen atoms in total. The number of benzene rings is 2. The van der Waals surface area contributed by atoms with Crippen molar-refractivity contribution in [1.82, 2.24) is 0 Å². The summed E-state index contributed by atoms with van der Waals surface area (Å²) in [6.45, 7) is 3.96. The molecule has 0 N–H and O–H groups in total. The van der Waals surface area contributed by atoms with Gasteiger partial charge in [0.15, 0.2) is 17.3 Å². The van der Waals surface area contributed by atoms with E-state index in [4.69, 9.17) is 18.9 Å². The van der Waals surface area contributed by atoms with Crippen molar-refractivity contribution in [3.8, 4) is 23.0 Å². The van der Waals surface area contributed by atoms with Gasteiger partial charge in [-0.25, -0.2) is 0 Å². The average molecular weight is 366 g/mol. The minimum atomic E-state index is -0.611. The molecule has 3 aliphatic rings. The quantitative estimate of drug-likeness (QED) is 0.567. The summed E-state index contributed by atoms with van der Waals surface area (Å²) in [5.41, 5.74) is 1.56. The van der Waals surface area contributed by atoms with E-state index in [1.54, 1.807) is 12.1 Å². The zero-order valence-electron chi connectivity index (χ0n) is 15.0. The lowest BCUT2D eigenvalue weighted by Crippen LogP contribution is -2.37. The highest BCUT2D eigenvalue weighted by atomic mass is 16.7. The second-order valence-corrected chi connectivity index (χ2v) is 7.66. The van der Waals surface area contributed by atoms with E-state index >= 15 is 0 Å². The van der Waals surface area contributed by atoms with Gasteiger partial charge in [0.2, 0.25) is 6.79 Å². The second kappa shape index (κ2) is 5.49. The van der Waals surface area contributed by atoms with Crippen LogP contribution >= 0.6 is 0 Å². The molecule has 2 aromatic rings. The third-order valence-electron chi connectivity index (χ3n) is 5.16. The predicted octanol–water partition coefficient (Wildman–Crippen LogP) is 3.60. The van der Waals surface area contributed by atoms with Crippen LogP contribution in [0.5, 0.6) is 23.0 Å². The summed E-state index contributed by atoms with van der Waals surface area (Å²) in [5.74, 6) is 1.72. The molecule has 27 heavy (non-hydrogen) atoms. The number of hydrogen-bond donors (Lipinski definition) is 0. The molecule has 0 aliphatic carbocycles. The molecule has 3 heterocycles. The van der Waals surface area contributed by atoms with Crippen LogP contribution in [0.3, 0.4) is 0 Å². The van der Waals surface area contributed by atoms with E-state index in [-0.39, 0.29) is 30.9 Å². The van der Waals surface area contributed by atoms with Crippen LogP contribution in [0.25, 0.3) is 0 Å². The Hall–Kier alpha value is -3.02. The van der Waals surface area contributed by atoms with Gasteiger partial charge in [0.25, 0.3) is 0 Å². The molecule has 1 unspecified atom stereocenters. The summed E-state index contributed by atoms with van der Waals surface area (Å²) >= 11 is 0. The Morgan fingerprint density at radius 2 is 1.78 bits per heavy atom. The third kappa shape index (κ3) is 2.55. The Kier molecular flexibility index (Phi) is 3.29. The topological polar surface area (TPSA) is 71.1 Å². The van der Waals surface area contributed by atoms with Crippen LogP contribution in [0.1, 0.15) is 54.1 Å². The molecule has 1 atom stereocenters. The Morgan fingerprint density at radius 1 is 1.00 bits per heavy atom. The van der Waals surface area contributed by atoms with E-state index in [9.17, 15) is 9.59 Å². The van der Waals surface area contributed by atoms with Crippen molar-refractivity contribution in [2.75, 3.05) is 6.79 Å². The van der Waals surface area contributed by atoms with Gasteiger partial charge in [0.1, 0.15) is 17.1 Å². The normalized spacial score (nSPS) is 21.8. The maximum Gasteiger partial charge on any atom is 0.312 e. The number of rotatable bonds is 1. The van der Waals surface area contributed by atoms with Crippen molar-refractivity contribution in [2.24, 2.45) is 0 Å². The maximum absolute atomic E-state index is 12.6. The molecule has 5 rings (SSSR count). The zero-order valence-corrected chi connectivity index (χ0v) is 15.0. The van der Waals surface area contributed by atoms with E-state index in [1.807, 2.05) is 32.0 Å². The Bertz CT molecular complexity index is 990. The Balaban J connectivity index is 1.69. The van der Waals surface area contributed by atoms with E-state index in [0.717, 1.165) is 11.1 Å². The Labute approximate surface area is 156 Å². The van der Waals surface area contributed by atoms with E-state index in [1.165, 1.54) is 0 Å². The molecular formula is C21H18O6. The van der Waals surface area contributed by atoms with Crippen LogP contribution in [-0.4, -0.2) is 24.1 Å². The zero-order chi connectivity index (χ0) is 18.8. The summed E-state index contributed by atoms with van der Waals surface area (Å²) in [6, 6.07) is 8.99. The fourth-order valence-corrected chi connectivity index (χ4v) is 3.97. The van der Waals surface area contributed by atoms with Gasteiger partial charge in [0.05, 0.1) is 18.4 Å². The van der Waals surface area contributed by atoms with Crippen LogP contribution in [0.15, 0.2) is 30.3 Å².